The molecule has 0 aliphatic rings. The van der Waals surface area contributed by atoms with Crippen molar-refractivity contribution in [1.82, 2.24) is 20.3 Å². The van der Waals surface area contributed by atoms with E-state index in [9.17, 15) is 4.79 Å². The molecule has 0 unspecified atom stereocenters. The summed E-state index contributed by atoms with van der Waals surface area (Å²) in [6, 6.07) is 16.9. The summed E-state index contributed by atoms with van der Waals surface area (Å²) in [7, 11) is -0.244. The van der Waals surface area contributed by atoms with Crippen LogP contribution in [-0.2, 0) is 10.8 Å². The van der Waals surface area contributed by atoms with Gasteiger partial charge in [-0.1, -0.05) is 39.0 Å². The molecule has 1 N–H and O–H groups in total. The van der Waals surface area contributed by atoms with Gasteiger partial charge < -0.3 is 19.2 Å². The molecule has 204 valence electrons. The zero-order valence-corrected chi connectivity index (χ0v) is 24.4. The minimum absolute atomic E-state index is 0.167. The Labute approximate surface area is 230 Å². The summed E-state index contributed by atoms with van der Waals surface area (Å²) in [6.07, 6.45) is 3.88. The van der Waals surface area contributed by atoms with Crippen LogP contribution in [0.4, 0.5) is 0 Å². The molecule has 0 aliphatic carbocycles. The molecule has 2 heterocycles. The van der Waals surface area contributed by atoms with Crippen molar-refractivity contribution in [2.75, 3.05) is 20.3 Å². The van der Waals surface area contributed by atoms with Crippen LogP contribution in [0.1, 0.15) is 42.6 Å². The van der Waals surface area contributed by atoms with Crippen LogP contribution in [0.25, 0.3) is 10.9 Å². The van der Waals surface area contributed by atoms with Gasteiger partial charge in [-0.15, -0.1) is 0 Å². The van der Waals surface area contributed by atoms with E-state index in [2.05, 4.69) is 49.1 Å². The van der Waals surface area contributed by atoms with Gasteiger partial charge in [-0.3, -0.25) is 9.78 Å². The first-order chi connectivity index (χ1) is 18.6. The number of benzene rings is 2. The average molecular weight is 545 g/mol. The van der Waals surface area contributed by atoms with E-state index in [1.165, 1.54) is 0 Å². The summed E-state index contributed by atoms with van der Waals surface area (Å²) >= 11 is 0. The molecule has 0 radical (unpaired) electrons. The van der Waals surface area contributed by atoms with Crippen LogP contribution < -0.4 is 14.8 Å². The Morgan fingerprint density at radius 2 is 1.74 bits per heavy atom. The van der Waals surface area contributed by atoms with Crippen LogP contribution in [0.5, 0.6) is 17.2 Å². The van der Waals surface area contributed by atoms with Crippen molar-refractivity contribution in [2.24, 2.45) is 0 Å². The Morgan fingerprint density at radius 3 is 2.51 bits per heavy atom. The number of fused-ring (bicyclic) bond motifs is 1. The normalized spacial score (nSPS) is 11.8. The number of pyridine rings is 1. The van der Waals surface area contributed by atoms with E-state index in [0.717, 1.165) is 22.2 Å². The van der Waals surface area contributed by atoms with Crippen molar-refractivity contribution >= 4 is 25.1 Å². The molecule has 0 aliphatic heterocycles. The lowest BCUT2D eigenvalue weighted by Gasteiger charge is -2.36. The number of amides is 1. The van der Waals surface area contributed by atoms with Crippen LogP contribution in [0, 0.1) is 0 Å². The smallest absolute Gasteiger partial charge is 0.269 e. The van der Waals surface area contributed by atoms with Gasteiger partial charge in [0.25, 0.3) is 5.91 Å². The Hall–Kier alpha value is -3.82. The highest BCUT2D eigenvalue weighted by molar-refractivity contribution is 6.74. The third kappa shape index (κ3) is 7.19. The summed E-state index contributed by atoms with van der Waals surface area (Å²) in [5, 5.41) is 3.58. The number of para-hydroxylation sites is 1. The van der Waals surface area contributed by atoms with E-state index in [4.69, 9.17) is 18.9 Å². The fourth-order valence-electron chi connectivity index (χ4n) is 3.69. The molecule has 9 heteroatoms. The zero-order valence-electron chi connectivity index (χ0n) is 23.4. The second kappa shape index (κ2) is 11.9. The van der Waals surface area contributed by atoms with E-state index >= 15 is 0 Å². The Kier molecular flexibility index (Phi) is 8.62. The number of aromatic nitrogens is 3. The molecule has 4 rings (SSSR count). The summed E-state index contributed by atoms with van der Waals surface area (Å²) in [5.41, 5.74) is 2.12. The molecule has 0 saturated carbocycles. The maximum absolute atomic E-state index is 11.9. The lowest BCUT2D eigenvalue weighted by atomic mass is 10.1. The molecule has 1 amide bonds. The van der Waals surface area contributed by atoms with Crippen molar-refractivity contribution in [1.29, 1.82) is 0 Å². The second-order valence-electron chi connectivity index (χ2n) is 10.8. The standard InChI is InChI=1S/C30H36N4O4Si/c1-30(2,3)39(5,6)37-16-15-36-27-10-8-7-9-21(27)18-28-33-20-22-17-23(11-12-25(22)34-28)38-24-13-14-32-26(19-24)29(35)31-4/h7-14,17,19-20H,15-16,18H2,1-6H3,(H,31,35). The van der Waals surface area contributed by atoms with Gasteiger partial charge in [0.2, 0.25) is 0 Å². The summed E-state index contributed by atoms with van der Waals surface area (Å²) in [6.45, 7) is 12.2. The first kappa shape index (κ1) is 28.2. The zero-order chi connectivity index (χ0) is 28.0. The van der Waals surface area contributed by atoms with Gasteiger partial charge >= 0.3 is 0 Å². The average Bonchev–Trinajstić information content (AvgIpc) is 2.91. The van der Waals surface area contributed by atoms with Gasteiger partial charge in [-0.05, 0) is 48.5 Å². The minimum atomic E-state index is -1.81. The highest BCUT2D eigenvalue weighted by Gasteiger charge is 2.36. The lowest BCUT2D eigenvalue weighted by Crippen LogP contribution is -2.41. The Morgan fingerprint density at radius 1 is 0.974 bits per heavy atom. The van der Waals surface area contributed by atoms with Gasteiger partial charge in [0.1, 0.15) is 35.4 Å². The molecule has 2 aromatic carbocycles. The fraction of sp³-hybridized carbons (Fsp3) is 0.333. The molecule has 39 heavy (non-hydrogen) atoms. The van der Waals surface area contributed by atoms with Gasteiger partial charge in [0, 0.05) is 42.9 Å². The van der Waals surface area contributed by atoms with Crippen LogP contribution in [0.3, 0.4) is 0 Å². The number of rotatable bonds is 10. The number of hydrogen-bond donors (Lipinski definition) is 1. The second-order valence-corrected chi connectivity index (χ2v) is 15.6. The van der Waals surface area contributed by atoms with Crippen molar-refractivity contribution < 1.29 is 18.7 Å². The summed E-state index contributed by atoms with van der Waals surface area (Å²) < 4.78 is 18.3. The first-order valence-electron chi connectivity index (χ1n) is 13.0. The van der Waals surface area contributed by atoms with Crippen molar-refractivity contribution in [3.63, 3.8) is 0 Å². The number of carbonyl (C=O) groups is 1. The van der Waals surface area contributed by atoms with Crippen LogP contribution in [0.15, 0.2) is 67.0 Å². The largest absolute Gasteiger partial charge is 0.491 e. The number of ether oxygens (including phenoxy) is 2. The minimum Gasteiger partial charge on any atom is -0.491 e. The molecule has 0 fully saturated rings. The van der Waals surface area contributed by atoms with Crippen molar-refractivity contribution in [3.8, 4) is 17.2 Å². The molecule has 0 atom stereocenters. The molecule has 0 bridgehead atoms. The van der Waals surface area contributed by atoms with E-state index in [0.29, 0.717) is 37.0 Å². The molecule has 0 saturated heterocycles. The Bertz CT molecular complexity index is 1450. The third-order valence-corrected chi connectivity index (χ3v) is 11.5. The lowest BCUT2D eigenvalue weighted by molar-refractivity contribution is 0.0958. The molecule has 8 nitrogen and oxygen atoms in total. The molecular formula is C30H36N4O4Si. The highest BCUT2D eigenvalue weighted by atomic mass is 28.4. The summed E-state index contributed by atoms with van der Waals surface area (Å²) in [4.78, 5) is 25.3. The van der Waals surface area contributed by atoms with Crippen molar-refractivity contribution in [3.05, 3.63) is 84.1 Å². The van der Waals surface area contributed by atoms with Crippen LogP contribution >= 0.6 is 0 Å². The number of nitrogens with zero attached hydrogens (tertiary/aromatic N) is 3. The molecule has 2 aromatic heterocycles. The molecule has 0 spiro atoms. The maximum atomic E-state index is 11.9. The first-order valence-corrected chi connectivity index (χ1v) is 15.9. The maximum Gasteiger partial charge on any atom is 0.269 e. The van der Waals surface area contributed by atoms with Crippen molar-refractivity contribution in [2.45, 2.75) is 45.3 Å². The molecule has 4 aromatic rings. The van der Waals surface area contributed by atoms with E-state index < -0.39 is 8.32 Å². The van der Waals surface area contributed by atoms with Crippen LogP contribution in [-0.4, -0.2) is 49.4 Å². The predicted molar refractivity (Wildman–Crippen MR) is 155 cm³/mol. The van der Waals surface area contributed by atoms with E-state index in [1.807, 2.05) is 42.5 Å². The van der Waals surface area contributed by atoms with Gasteiger partial charge in [0.05, 0.1) is 12.1 Å². The number of hydrogen-bond acceptors (Lipinski definition) is 7. The van der Waals surface area contributed by atoms with E-state index in [1.54, 1.807) is 31.6 Å². The molecular weight excluding hydrogens is 508 g/mol. The Balaban J connectivity index is 1.42. The monoisotopic (exact) mass is 544 g/mol. The number of carbonyl (C=O) groups excluding carboxylic acids is 1. The predicted octanol–water partition coefficient (Wildman–Crippen LogP) is 6.17. The van der Waals surface area contributed by atoms with Crippen LogP contribution in [0.2, 0.25) is 18.1 Å². The SMILES string of the molecule is CNC(=O)c1cc(Oc2ccc3nc(Cc4ccccc4OCCO[Si](C)(C)C(C)(C)C)ncc3c2)ccn1. The fourth-order valence-corrected chi connectivity index (χ4v) is 4.71. The van der Waals surface area contributed by atoms with Gasteiger partial charge in [-0.25, -0.2) is 9.97 Å². The summed E-state index contributed by atoms with van der Waals surface area (Å²) in [5.74, 6) is 2.39. The number of nitrogens with one attached hydrogen (secondary N) is 1. The quantitative estimate of drug-likeness (QED) is 0.188. The third-order valence-electron chi connectivity index (χ3n) is 6.96. The van der Waals surface area contributed by atoms with E-state index in [-0.39, 0.29) is 16.6 Å². The highest BCUT2D eigenvalue weighted by Crippen LogP contribution is 2.36. The van der Waals surface area contributed by atoms with Gasteiger partial charge in [-0.2, -0.15) is 0 Å². The topological polar surface area (TPSA) is 95.5 Å². The van der Waals surface area contributed by atoms with Gasteiger partial charge in [0.15, 0.2) is 8.32 Å².